The van der Waals surface area contributed by atoms with Crippen molar-refractivity contribution in [2.75, 3.05) is 13.1 Å². The molecule has 3 N–H and O–H groups in total. The van der Waals surface area contributed by atoms with Crippen LogP contribution in [0.25, 0.3) is 0 Å². The minimum atomic E-state index is -0.748. The molecule has 5 nitrogen and oxygen atoms in total. The summed E-state index contributed by atoms with van der Waals surface area (Å²) >= 11 is 0. The maximum absolute atomic E-state index is 12.8. The SMILES string of the molecule is CC1CC(C(=O)N2CCCC(C)(C)C2)(C(N)=NO)C1. The Hall–Kier alpha value is -1.26. The summed E-state index contributed by atoms with van der Waals surface area (Å²) in [5.41, 5.74) is 5.22. The molecule has 0 radical (unpaired) electrons. The van der Waals surface area contributed by atoms with Crippen molar-refractivity contribution in [3.63, 3.8) is 0 Å². The van der Waals surface area contributed by atoms with Gasteiger partial charge in [-0.25, -0.2) is 0 Å². The second-order valence-electron chi connectivity index (χ2n) is 7.08. The fraction of sp³-hybridized carbons (Fsp3) is 0.857. The molecule has 0 aromatic carbocycles. The number of hydrogen-bond donors (Lipinski definition) is 2. The second kappa shape index (κ2) is 4.69. The van der Waals surface area contributed by atoms with Gasteiger partial charge in [0.05, 0.1) is 0 Å². The Bertz CT molecular complexity index is 397. The molecule has 1 saturated carbocycles. The fourth-order valence-electron chi connectivity index (χ4n) is 3.62. The molecule has 108 valence electrons. The van der Waals surface area contributed by atoms with Crippen LogP contribution in [0, 0.1) is 16.7 Å². The van der Waals surface area contributed by atoms with Crippen LogP contribution in [0.3, 0.4) is 0 Å². The third-order valence-corrected chi connectivity index (χ3v) is 4.59. The molecule has 1 aliphatic carbocycles. The highest BCUT2D eigenvalue weighted by Gasteiger charge is 2.54. The lowest BCUT2D eigenvalue weighted by molar-refractivity contribution is -0.147. The molecule has 0 spiro atoms. The van der Waals surface area contributed by atoms with Gasteiger partial charge in [0.1, 0.15) is 5.41 Å². The molecule has 1 heterocycles. The Morgan fingerprint density at radius 3 is 2.53 bits per heavy atom. The van der Waals surface area contributed by atoms with Gasteiger partial charge >= 0.3 is 0 Å². The molecule has 0 unspecified atom stereocenters. The number of oxime groups is 1. The topological polar surface area (TPSA) is 78.9 Å². The molecule has 1 aliphatic heterocycles. The average Bonchev–Trinajstić information content (AvgIpc) is 2.31. The normalized spacial score (nSPS) is 34.8. The van der Waals surface area contributed by atoms with E-state index in [0.29, 0.717) is 18.8 Å². The van der Waals surface area contributed by atoms with Gasteiger partial charge in [0.2, 0.25) is 5.91 Å². The predicted octanol–water partition coefficient (Wildman–Crippen LogP) is 1.80. The molecule has 2 aliphatic rings. The van der Waals surface area contributed by atoms with Crippen LogP contribution in [0.4, 0.5) is 0 Å². The zero-order valence-corrected chi connectivity index (χ0v) is 12.1. The van der Waals surface area contributed by atoms with Crippen LogP contribution in [0.5, 0.6) is 0 Å². The summed E-state index contributed by atoms with van der Waals surface area (Å²) in [6.07, 6.45) is 3.56. The van der Waals surface area contributed by atoms with Gasteiger partial charge in [0, 0.05) is 13.1 Å². The Labute approximate surface area is 114 Å². The molecule has 2 fully saturated rings. The van der Waals surface area contributed by atoms with Crippen molar-refractivity contribution in [2.45, 2.75) is 46.5 Å². The van der Waals surface area contributed by atoms with E-state index in [2.05, 4.69) is 25.9 Å². The van der Waals surface area contributed by atoms with Crippen molar-refractivity contribution in [1.82, 2.24) is 4.90 Å². The minimum Gasteiger partial charge on any atom is -0.409 e. The number of hydrogen-bond acceptors (Lipinski definition) is 3. The van der Waals surface area contributed by atoms with Crippen LogP contribution < -0.4 is 5.73 Å². The summed E-state index contributed by atoms with van der Waals surface area (Å²) in [6, 6.07) is 0. The standard InChI is InChI=1S/C14H25N3O2/c1-10-7-14(8-10,11(15)16-19)12(18)17-6-4-5-13(2,3)9-17/h10,19H,4-9H2,1-3H3,(H2,15,16). The zero-order valence-electron chi connectivity index (χ0n) is 12.1. The van der Waals surface area contributed by atoms with Gasteiger partial charge in [-0.05, 0) is 37.0 Å². The van der Waals surface area contributed by atoms with E-state index in [-0.39, 0.29) is 17.2 Å². The molecule has 0 aromatic rings. The van der Waals surface area contributed by atoms with Crippen molar-refractivity contribution < 1.29 is 10.0 Å². The first-order valence-electron chi connectivity index (χ1n) is 7.08. The number of carbonyl (C=O) groups is 1. The van der Waals surface area contributed by atoms with Crippen molar-refractivity contribution >= 4 is 11.7 Å². The second-order valence-corrected chi connectivity index (χ2v) is 7.08. The molecule has 0 atom stereocenters. The maximum Gasteiger partial charge on any atom is 0.236 e. The van der Waals surface area contributed by atoms with Gasteiger partial charge in [-0.15, -0.1) is 0 Å². The van der Waals surface area contributed by atoms with Crippen molar-refractivity contribution in [3.8, 4) is 0 Å². The molecule has 5 heteroatoms. The maximum atomic E-state index is 12.8. The highest BCUT2D eigenvalue weighted by Crippen LogP contribution is 2.47. The lowest BCUT2D eigenvalue weighted by atomic mass is 9.60. The van der Waals surface area contributed by atoms with Crippen LogP contribution in [0.15, 0.2) is 5.16 Å². The number of piperidine rings is 1. The van der Waals surface area contributed by atoms with E-state index in [9.17, 15) is 4.79 Å². The lowest BCUT2D eigenvalue weighted by Gasteiger charge is -2.48. The Morgan fingerprint density at radius 2 is 2.05 bits per heavy atom. The number of rotatable bonds is 2. The highest BCUT2D eigenvalue weighted by molar-refractivity contribution is 6.07. The number of carbonyl (C=O) groups excluding carboxylic acids is 1. The smallest absolute Gasteiger partial charge is 0.236 e. The lowest BCUT2D eigenvalue weighted by Crippen LogP contribution is -2.59. The number of nitrogens with two attached hydrogens (primary N) is 1. The van der Waals surface area contributed by atoms with E-state index in [0.717, 1.165) is 25.9 Å². The summed E-state index contributed by atoms with van der Waals surface area (Å²) in [5.74, 6) is 0.592. The first-order valence-corrected chi connectivity index (χ1v) is 7.08. The third-order valence-electron chi connectivity index (χ3n) is 4.59. The Kier molecular flexibility index (Phi) is 3.49. The van der Waals surface area contributed by atoms with Gasteiger partial charge in [0.25, 0.3) is 0 Å². The monoisotopic (exact) mass is 267 g/mol. The summed E-state index contributed by atoms with van der Waals surface area (Å²) < 4.78 is 0. The largest absolute Gasteiger partial charge is 0.409 e. The molecule has 19 heavy (non-hydrogen) atoms. The van der Waals surface area contributed by atoms with Crippen LogP contribution >= 0.6 is 0 Å². The average molecular weight is 267 g/mol. The first kappa shape index (κ1) is 14.2. The van der Waals surface area contributed by atoms with E-state index >= 15 is 0 Å². The van der Waals surface area contributed by atoms with Gasteiger partial charge in [0.15, 0.2) is 5.84 Å². The minimum absolute atomic E-state index is 0.0497. The molecule has 0 bridgehead atoms. The third kappa shape index (κ3) is 2.42. The fourth-order valence-corrected chi connectivity index (χ4v) is 3.62. The molecular formula is C14H25N3O2. The molecule has 1 amide bonds. The Balaban J connectivity index is 2.17. The molecule has 1 saturated heterocycles. The van der Waals surface area contributed by atoms with E-state index in [1.54, 1.807) is 0 Å². The van der Waals surface area contributed by atoms with E-state index in [1.165, 1.54) is 0 Å². The first-order chi connectivity index (χ1) is 8.81. The molecular weight excluding hydrogens is 242 g/mol. The predicted molar refractivity (Wildman–Crippen MR) is 73.8 cm³/mol. The number of likely N-dealkylation sites (tertiary alicyclic amines) is 1. The van der Waals surface area contributed by atoms with Gasteiger partial charge in [-0.3, -0.25) is 4.79 Å². The van der Waals surface area contributed by atoms with Crippen molar-refractivity contribution in [3.05, 3.63) is 0 Å². The highest BCUT2D eigenvalue weighted by atomic mass is 16.4. The van der Waals surface area contributed by atoms with Crippen LogP contribution in [0.2, 0.25) is 0 Å². The zero-order chi connectivity index (χ0) is 14.3. The van der Waals surface area contributed by atoms with E-state index in [1.807, 2.05) is 4.90 Å². The molecule has 2 rings (SSSR count). The summed E-state index contributed by atoms with van der Waals surface area (Å²) in [4.78, 5) is 14.7. The summed E-state index contributed by atoms with van der Waals surface area (Å²) in [5, 5.41) is 12.1. The number of amides is 1. The number of nitrogens with zero attached hydrogens (tertiary/aromatic N) is 2. The van der Waals surface area contributed by atoms with Gasteiger partial charge in [-0.1, -0.05) is 25.9 Å². The van der Waals surface area contributed by atoms with Crippen LogP contribution in [0.1, 0.15) is 46.5 Å². The van der Waals surface area contributed by atoms with Crippen molar-refractivity contribution in [1.29, 1.82) is 0 Å². The quantitative estimate of drug-likeness (QED) is 0.346. The van der Waals surface area contributed by atoms with Gasteiger partial charge < -0.3 is 15.8 Å². The van der Waals surface area contributed by atoms with Crippen LogP contribution in [-0.4, -0.2) is 34.9 Å². The van der Waals surface area contributed by atoms with E-state index in [4.69, 9.17) is 10.9 Å². The van der Waals surface area contributed by atoms with E-state index < -0.39 is 5.41 Å². The summed E-state index contributed by atoms with van der Waals surface area (Å²) in [6.45, 7) is 8.02. The number of amidine groups is 1. The van der Waals surface area contributed by atoms with Crippen molar-refractivity contribution in [2.24, 2.45) is 27.6 Å². The summed E-state index contributed by atoms with van der Waals surface area (Å²) in [7, 11) is 0. The van der Waals surface area contributed by atoms with Crippen LogP contribution in [-0.2, 0) is 4.79 Å². The van der Waals surface area contributed by atoms with Gasteiger partial charge in [-0.2, -0.15) is 0 Å². The molecule has 0 aromatic heterocycles. The Morgan fingerprint density at radius 1 is 1.42 bits per heavy atom.